The summed E-state index contributed by atoms with van der Waals surface area (Å²) in [5, 5.41) is 3.24. The molecular weight excluding hydrogens is 584 g/mol. The highest BCUT2D eigenvalue weighted by atomic mass is 35.5. The molecule has 11 heteroatoms. The Morgan fingerprint density at radius 2 is 1.64 bits per heavy atom. The first kappa shape index (κ1) is 30.1. The van der Waals surface area contributed by atoms with E-state index < -0.39 is 29.7 Å². The minimum absolute atomic E-state index is 0.0207. The van der Waals surface area contributed by atoms with Gasteiger partial charge in [-0.3, -0.25) is 28.9 Å². The highest BCUT2D eigenvalue weighted by molar-refractivity contribution is 6.31. The van der Waals surface area contributed by atoms with Gasteiger partial charge in [0.1, 0.15) is 11.9 Å². The molecule has 1 aliphatic carbocycles. The van der Waals surface area contributed by atoms with E-state index in [0.717, 1.165) is 18.4 Å². The third-order valence-electron chi connectivity index (χ3n) is 9.64. The first-order valence-corrected chi connectivity index (χ1v) is 15.8. The number of hydrogen-bond donors (Lipinski definition) is 1. The van der Waals surface area contributed by atoms with E-state index in [1.54, 1.807) is 53.2 Å². The summed E-state index contributed by atoms with van der Waals surface area (Å²) in [6.07, 6.45) is 3.77. The van der Waals surface area contributed by atoms with Crippen LogP contribution in [0.1, 0.15) is 76.9 Å². The summed E-state index contributed by atoms with van der Waals surface area (Å²) in [7, 11) is 1.59. The number of amides is 5. The maximum Gasteiger partial charge on any atom is 0.261 e. The van der Waals surface area contributed by atoms with Crippen LogP contribution in [0.4, 0.5) is 0 Å². The van der Waals surface area contributed by atoms with E-state index in [1.807, 2.05) is 0 Å². The number of carbonyl (C=O) groups is 5. The Hall–Kier alpha value is -3.92. The van der Waals surface area contributed by atoms with Crippen LogP contribution in [0.2, 0.25) is 5.02 Å². The summed E-state index contributed by atoms with van der Waals surface area (Å²) in [4.78, 5) is 71.1. The zero-order chi connectivity index (χ0) is 31.1. The first-order valence-electron chi connectivity index (χ1n) is 15.4. The molecule has 232 valence electrons. The van der Waals surface area contributed by atoms with E-state index in [0.29, 0.717) is 72.8 Å². The first-order chi connectivity index (χ1) is 21.2. The number of nitrogens with zero attached hydrogens (tertiary/aromatic N) is 3. The second-order valence-electron chi connectivity index (χ2n) is 12.1. The van der Waals surface area contributed by atoms with Crippen LogP contribution >= 0.6 is 11.6 Å². The number of fused-ring (bicyclic) bond motifs is 2. The van der Waals surface area contributed by atoms with Gasteiger partial charge in [-0.2, -0.15) is 0 Å². The van der Waals surface area contributed by atoms with Crippen LogP contribution in [0.5, 0.6) is 5.75 Å². The highest BCUT2D eigenvalue weighted by Gasteiger charge is 2.45. The van der Waals surface area contributed by atoms with Crippen LogP contribution in [0.25, 0.3) is 0 Å². The number of likely N-dealkylation sites (tertiary alicyclic amines) is 1. The van der Waals surface area contributed by atoms with Crippen LogP contribution in [0.3, 0.4) is 0 Å². The van der Waals surface area contributed by atoms with Crippen LogP contribution in [-0.4, -0.2) is 83.6 Å². The van der Waals surface area contributed by atoms with E-state index in [1.165, 1.54) is 11.8 Å². The summed E-state index contributed by atoms with van der Waals surface area (Å²) in [6.45, 7) is 2.80. The number of carbonyl (C=O) groups excluding carboxylic acids is 5. The molecule has 3 aliphatic heterocycles. The zero-order valence-corrected chi connectivity index (χ0v) is 25.8. The number of imide groups is 1. The van der Waals surface area contributed by atoms with Crippen LogP contribution in [0, 0.1) is 11.8 Å². The topological polar surface area (TPSA) is 116 Å². The second-order valence-corrected chi connectivity index (χ2v) is 12.5. The molecule has 3 heterocycles. The van der Waals surface area contributed by atoms with Gasteiger partial charge < -0.3 is 19.9 Å². The molecule has 0 bridgehead atoms. The summed E-state index contributed by atoms with van der Waals surface area (Å²) in [5.74, 6) is -1.61. The average Bonchev–Trinajstić information content (AvgIpc) is 3.61. The number of hydrogen-bond acceptors (Lipinski definition) is 6. The minimum Gasteiger partial charge on any atom is -0.488 e. The van der Waals surface area contributed by atoms with Gasteiger partial charge in [0.05, 0.1) is 30.3 Å². The van der Waals surface area contributed by atoms with Crippen molar-refractivity contribution in [1.29, 1.82) is 0 Å². The van der Waals surface area contributed by atoms with Crippen molar-refractivity contribution in [3.8, 4) is 5.75 Å². The smallest absolute Gasteiger partial charge is 0.261 e. The van der Waals surface area contributed by atoms with Gasteiger partial charge in [-0.05, 0) is 49.1 Å². The lowest BCUT2D eigenvalue weighted by Gasteiger charge is -2.43. The molecule has 6 rings (SSSR count). The van der Waals surface area contributed by atoms with Crippen LogP contribution in [0.15, 0.2) is 36.4 Å². The lowest BCUT2D eigenvalue weighted by atomic mass is 9.77. The molecule has 4 atom stereocenters. The normalized spacial score (nSPS) is 24.7. The third kappa shape index (κ3) is 5.33. The molecule has 2 aromatic rings. The average molecular weight is 621 g/mol. The fourth-order valence-corrected chi connectivity index (χ4v) is 7.60. The number of rotatable bonds is 6. The van der Waals surface area contributed by atoms with Crippen LogP contribution in [-0.2, 0) is 20.8 Å². The van der Waals surface area contributed by atoms with Crippen molar-refractivity contribution in [3.05, 3.63) is 63.7 Å². The Balaban J connectivity index is 1.40. The van der Waals surface area contributed by atoms with E-state index in [2.05, 4.69) is 5.32 Å². The molecule has 1 saturated carbocycles. The molecular formula is C33H37ClN4O6. The van der Waals surface area contributed by atoms with E-state index in [-0.39, 0.29) is 30.4 Å². The zero-order valence-electron chi connectivity index (χ0n) is 25.0. The summed E-state index contributed by atoms with van der Waals surface area (Å²) < 4.78 is 6.53. The van der Waals surface area contributed by atoms with Gasteiger partial charge in [-0.25, -0.2) is 0 Å². The molecule has 5 amide bonds. The largest absolute Gasteiger partial charge is 0.488 e. The van der Waals surface area contributed by atoms with Crippen molar-refractivity contribution in [2.75, 3.05) is 33.2 Å². The molecule has 1 N–H and O–H groups in total. The van der Waals surface area contributed by atoms with E-state index >= 15 is 0 Å². The molecule has 0 aromatic heterocycles. The van der Waals surface area contributed by atoms with Gasteiger partial charge in [0, 0.05) is 55.9 Å². The molecule has 2 aromatic carbocycles. The standard InChI is InChI=1S/C33H37ClN4O6/c1-19(39)36-15-13-20(17-36)44-28-12-11-26(34)25-14-16-37(31(41)22-8-4-3-7-21(22)30(40)35-2)27(29(25)28)18-38-32(42)23-9-5-6-10-24(23)33(38)43/h5-6,9-12,20-22,27H,3-4,7-8,13-18H2,1-2H3,(H,35,40)/t20-,21-,22+,27+/m0/s1. The molecule has 10 nitrogen and oxygen atoms in total. The molecule has 0 unspecified atom stereocenters. The van der Waals surface area contributed by atoms with Crippen molar-refractivity contribution in [2.45, 2.75) is 57.6 Å². The van der Waals surface area contributed by atoms with Crippen molar-refractivity contribution in [3.63, 3.8) is 0 Å². The Morgan fingerprint density at radius 3 is 2.27 bits per heavy atom. The van der Waals surface area contributed by atoms with Gasteiger partial charge in [0.25, 0.3) is 11.8 Å². The molecule has 4 aliphatic rings. The lowest BCUT2D eigenvalue weighted by molar-refractivity contribution is -0.146. The van der Waals surface area contributed by atoms with Crippen LogP contribution < -0.4 is 10.1 Å². The maximum absolute atomic E-state index is 14.5. The number of halogens is 1. The van der Waals surface area contributed by atoms with Crippen molar-refractivity contribution >= 4 is 41.1 Å². The Bertz CT molecular complexity index is 1490. The summed E-state index contributed by atoms with van der Waals surface area (Å²) in [6, 6.07) is 9.52. The quantitative estimate of drug-likeness (QED) is 0.493. The maximum atomic E-state index is 14.5. The predicted molar refractivity (Wildman–Crippen MR) is 162 cm³/mol. The van der Waals surface area contributed by atoms with E-state index in [9.17, 15) is 24.0 Å². The molecule has 0 radical (unpaired) electrons. The van der Waals surface area contributed by atoms with Crippen molar-refractivity contribution in [1.82, 2.24) is 20.0 Å². The van der Waals surface area contributed by atoms with Gasteiger partial charge in [-0.15, -0.1) is 0 Å². The number of nitrogens with one attached hydrogen (secondary N) is 1. The molecule has 44 heavy (non-hydrogen) atoms. The van der Waals surface area contributed by atoms with Crippen molar-refractivity contribution < 1.29 is 28.7 Å². The van der Waals surface area contributed by atoms with Gasteiger partial charge >= 0.3 is 0 Å². The Labute approximate surface area is 261 Å². The highest BCUT2D eigenvalue weighted by Crippen LogP contribution is 2.44. The molecule has 2 fully saturated rings. The number of ether oxygens (including phenoxy) is 1. The number of benzene rings is 2. The molecule has 1 saturated heterocycles. The SMILES string of the molecule is CNC(=O)[C@H]1CCCC[C@H]1C(=O)N1CCc2c(Cl)ccc(O[C@H]3CCN(C(C)=O)C3)c2[C@H]1CN1C(=O)c2ccccc2C1=O. The molecule has 0 spiro atoms. The van der Waals surface area contributed by atoms with Crippen molar-refractivity contribution in [2.24, 2.45) is 11.8 Å². The summed E-state index contributed by atoms with van der Waals surface area (Å²) >= 11 is 6.76. The van der Waals surface area contributed by atoms with E-state index in [4.69, 9.17) is 16.3 Å². The summed E-state index contributed by atoms with van der Waals surface area (Å²) in [5.41, 5.74) is 2.14. The second kappa shape index (κ2) is 12.2. The fraction of sp³-hybridized carbons (Fsp3) is 0.485. The Morgan fingerprint density at radius 1 is 0.955 bits per heavy atom. The monoisotopic (exact) mass is 620 g/mol. The minimum atomic E-state index is -0.736. The fourth-order valence-electron chi connectivity index (χ4n) is 7.34. The predicted octanol–water partition coefficient (Wildman–Crippen LogP) is 3.61. The lowest BCUT2D eigenvalue weighted by Crippen LogP contribution is -2.51. The Kier molecular flexibility index (Phi) is 8.37. The third-order valence-corrected chi connectivity index (χ3v) is 9.99. The van der Waals surface area contributed by atoms with Gasteiger partial charge in [0.15, 0.2) is 0 Å². The van der Waals surface area contributed by atoms with Gasteiger partial charge in [-0.1, -0.05) is 36.6 Å². The van der Waals surface area contributed by atoms with Gasteiger partial charge in [0.2, 0.25) is 17.7 Å².